The summed E-state index contributed by atoms with van der Waals surface area (Å²) in [6.07, 6.45) is -1.39. The number of nitrogens with one attached hydrogen (secondary N) is 2. The summed E-state index contributed by atoms with van der Waals surface area (Å²) in [4.78, 5) is 22.4. The van der Waals surface area contributed by atoms with Gasteiger partial charge in [0.25, 0.3) is 0 Å². The van der Waals surface area contributed by atoms with Crippen molar-refractivity contribution in [1.29, 1.82) is 0 Å². The van der Waals surface area contributed by atoms with Gasteiger partial charge >= 0.3 is 12.2 Å². The summed E-state index contributed by atoms with van der Waals surface area (Å²) in [5, 5.41) is 4.28. The molecule has 0 aromatic rings. The van der Waals surface area contributed by atoms with Crippen molar-refractivity contribution >= 4 is 29.5 Å². The van der Waals surface area contributed by atoms with Crippen molar-refractivity contribution in [1.82, 2.24) is 10.6 Å². The van der Waals surface area contributed by atoms with Crippen LogP contribution in [0.5, 0.6) is 0 Å². The van der Waals surface area contributed by atoms with Crippen LogP contribution in [0.25, 0.3) is 0 Å². The Bertz CT molecular complexity index is 277. The molecule has 6 nitrogen and oxygen atoms in total. The quantitative estimate of drug-likeness (QED) is 0.768. The van der Waals surface area contributed by atoms with Crippen LogP contribution in [0.3, 0.4) is 0 Å². The Morgan fingerprint density at radius 1 is 0.944 bits per heavy atom. The molecule has 0 unspecified atom stereocenters. The number of carbonyl (C=O) groups excluding carboxylic acids is 2. The molecule has 0 fully saturated rings. The Morgan fingerprint density at radius 3 is 1.56 bits per heavy atom. The Kier molecular flexibility index (Phi) is 8.02. The van der Waals surface area contributed by atoms with Crippen LogP contribution in [0.4, 0.5) is 9.59 Å². The topological polar surface area (TPSA) is 76.7 Å². The lowest BCUT2D eigenvalue weighted by Gasteiger charge is -2.11. The number of hydrogen-bond acceptors (Lipinski definition) is 5. The van der Waals surface area contributed by atoms with Gasteiger partial charge < -0.3 is 9.47 Å². The van der Waals surface area contributed by atoms with E-state index in [2.05, 4.69) is 10.6 Å². The van der Waals surface area contributed by atoms with E-state index in [1.165, 1.54) is 0 Å². The zero-order valence-electron chi connectivity index (χ0n) is 11.1. The fraction of sp³-hybridized carbons (Fsp3) is 0.727. The molecule has 0 bridgehead atoms. The summed E-state index contributed by atoms with van der Waals surface area (Å²) in [5.41, 5.74) is 0. The fourth-order valence-electron chi connectivity index (χ4n) is 0.774. The lowest BCUT2D eigenvalue weighted by Crippen LogP contribution is -2.43. The highest BCUT2D eigenvalue weighted by Crippen LogP contribution is 1.93. The lowest BCUT2D eigenvalue weighted by molar-refractivity contribution is 0.135. The van der Waals surface area contributed by atoms with Gasteiger partial charge in [-0.05, 0) is 24.1 Å². The molecule has 0 aliphatic rings. The molecule has 7 heteroatoms. The van der Waals surface area contributed by atoms with Crippen molar-refractivity contribution in [3.63, 3.8) is 0 Å². The number of rotatable bonds is 4. The van der Waals surface area contributed by atoms with Gasteiger partial charge in [0.15, 0.2) is 5.11 Å². The number of ether oxygens (including phenoxy) is 2. The third-order valence-electron chi connectivity index (χ3n) is 1.53. The molecule has 0 saturated carbocycles. The van der Waals surface area contributed by atoms with Crippen LogP contribution in [0, 0.1) is 11.8 Å². The summed E-state index contributed by atoms with van der Waals surface area (Å²) in [5.74, 6) is 0.460. The van der Waals surface area contributed by atoms with Crippen molar-refractivity contribution in [3.8, 4) is 0 Å². The zero-order valence-corrected chi connectivity index (χ0v) is 11.9. The molecular formula is C11H20N2O4S. The average Bonchev–Trinajstić information content (AvgIpc) is 2.23. The number of alkyl carbamates (subject to hydrolysis) is 2. The monoisotopic (exact) mass is 276 g/mol. The molecule has 0 spiro atoms. The van der Waals surface area contributed by atoms with Crippen molar-refractivity contribution in [3.05, 3.63) is 0 Å². The Balaban J connectivity index is 3.82. The molecule has 104 valence electrons. The first-order valence-electron chi connectivity index (χ1n) is 5.72. The van der Waals surface area contributed by atoms with Gasteiger partial charge in [-0.2, -0.15) is 0 Å². The van der Waals surface area contributed by atoms with Crippen molar-refractivity contribution in [2.75, 3.05) is 13.2 Å². The molecule has 0 aromatic carbocycles. The maximum absolute atomic E-state index is 11.2. The standard InChI is InChI=1S/C11H20N2O4S/c1-7(2)5-16-10(14)12-9(18)13-11(15)17-6-8(3)4/h7-8H,5-6H2,1-4H3,(H2,12,13,14,15,18). The second kappa shape index (κ2) is 8.68. The summed E-state index contributed by atoms with van der Waals surface area (Å²) >= 11 is 4.74. The number of amides is 2. The van der Waals surface area contributed by atoms with Crippen LogP contribution < -0.4 is 10.6 Å². The second-order valence-corrected chi connectivity index (χ2v) is 4.97. The smallest absolute Gasteiger partial charge is 0.413 e. The zero-order chi connectivity index (χ0) is 14.1. The van der Waals surface area contributed by atoms with Crippen LogP contribution in [0.2, 0.25) is 0 Å². The van der Waals surface area contributed by atoms with Crippen molar-refractivity contribution < 1.29 is 19.1 Å². The summed E-state index contributed by atoms with van der Waals surface area (Å²) in [6, 6.07) is 0. The molecule has 0 heterocycles. The third kappa shape index (κ3) is 9.83. The first-order valence-corrected chi connectivity index (χ1v) is 6.13. The Morgan fingerprint density at radius 2 is 1.28 bits per heavy atom. The third-order valence-corrected chi connectivity index (χ3v) is 1.73. The van der Waals surface area contributed by atoms with Gasteiger partial charge in [0.1, 0.15) is 0 Å². The molecule has 2 N–H and O–H groups in total. The van der Waals surface area contributed by atoms with Crippen LogP contribution in [0.1, 0.15) is 27.7 Å². The van der Waals surface area contributed by atoms with E-state index < -0.39 is 12.2 Å². The predicted octanol–water partition coefficient (Wildman–Crippen LogP) is 2.04. The fourth-order valence-corrected chi connectivity index (χ4v) is 0.940. The van der Waals surface area contributed by atoms with Gasteiger partial charge in [-0.15, -0.1) is 0 Å². The minimum absolute atomic E-state index is 0.141. The average molecular weight is 276 g/mol. The Labute approximate surface area is 112 Å². The molecule has 0 rings (SSSR count). The molecule has 18 heavy (non-hydrogen) atoms. The maximum atomic E-state index is 11.2. The predicted molar refractivity (Wildman–Crippen MR) is 71.2 cm³/mol. The van der Waals surface area contributed by atoms with Crippen LogP contribution >= 0.6 is 12.2 Å². The van der Waals surface area contributed by atoms with Crippen LogP contribution in [0.15, 0.2) is 0 Å². The molecule has 0 aliphatic heterocycles. The van der Waals surface area contributed by atoms with E-state index in [0.29, 0.717) is 0 Å². The highest BCUT2D eigenvalue weighted by molar-refractivity contribution is 7.80. The van der Waals surface area contributed by atoms with Gasteiger partial charge in [-0.3, -0.25) is 10.6 Å². The summed E-state index contributed by atoms with van der Waals surface area (Å²) in [6.45, 7) is 8.21. The van der Waals surface area contributed by atoms with Gasteiger partial charge in [0.2, 0.25) is 0 Å². The highest BCUT2D eigenvalue weighted by atomic mass is 32.1. The molecular weight excluding hydrogens is 256 g/mol. The molecule has 0 saturated heterocycles. The molecule has 0 radical (unpaired) electrons. The maximum Gasteiger partial charge on any atom is 0.413 e. The van der Waals surface area contributed by atoms with Gasteiger partial charge in [0.05, 0.1) is 13.2 Å². The SMILES string of the molecule is CC(C)COC(=O)NC(=S)NC(=O)OCC(C)C. The van der Waals surface area contributed by atoms with Crippen molar-refractivity contribution in [2.24, 2.45) is 11.8 Å². The van der Waals surface area contributed by atoms with Gasteiger partial charge in [-0.1, -0.05) is 27.7 Å². The van der Waals surface area contributed by atoms with E-state index in [-0.39, 0.29) is 30.2 Å². The first-order chi connectivity index (χ1) is 8.31. The normalized spacial score (nSPS) is 10.1. The number of carbonyl (C=O) groups is 2. The first kappa shape index (κ1) is 16.6. The minimum Gasteiger partial charge on any atom is -0.449 e. The van der Waals surface area contributed by atoms with Gasteiger partial charge in [0, 0.05) is 0 Å². The molecule has 0 aromatic heterocycles. The number of thiocarbonyl (C=S) groups is 1. The molecule has 2 amide bonds. The van der Waals surface area contributed by atoms with Crippen LogP contribution in [-0.4, -0.2) is 30.5 Å². The van der Waals surface area contributed by atoms with E-state index >= 15 is 0 Å². The molecule has 0 atom stereocenters. The van der Waals surface area contributed by atoms with E-state index in [1.807, 2.05) is 27.7 Å². The van der Waals surface area contributed by atoms with E-state index in [4.69, 9.17) is 21.7 Å². The van der Waals surface area contributed by atoms with Gasteiger partial charge in [-0.25, -0.2) is 9.59 Å². The minimum atomic E-state index is -0.696. The highest BCUT2D eigenvalue weighted by Gasteiger charge is 2.10. The van der Waals surface area contributed by atoms with Crippen molar-refractivity contribution in [2.45, 2.75) is 27.7 Å². The van der Waals surface area contributed by atoms with E-state index in [9.17, 15) is 9.59 Å². The van der Waals surface area contributed by atoms with E-state index in [1.54, 1.807) is 0 Å². The lowest BCUT2D eigenvalue weighted by atomic mass is 10.2. The van der Waals surface area contributed by atoms with E-state index in [0.717, 1.165) is 0 Å². The largest absolute Gasteiger partial charge is 0.449 e. The second-order valence-electron chi connectivity index (χ2n) is 4.56. The summed E-state index contributed by atoms with van der Waals surface area (Å²) in [7, 11) is 0. The summed E-state index contributed by atoms with van der Waals surface area (Å²) < 4.78 is 9.65. The Hall–Kier alpha value is -1.37. The van der Waals surface area contributed by atoms with Crippen LogP contribution in [-0.2, 0) is 9.47 Å². The number of hydrogen-bond donors (Lipinski definition) is 2. The molecule has 0 aliphatic carbocycles.